The van der Waals surface area contributed by atoms with Crippen molar-refractivity contribution in [2.24, 2.45) is 11.8 Å². The van der Waals surface area contributed by atoms with Crippen molar-refractivity contribution < 1.29 is 46.0 Å². The summed E-state index contributed by atoms with van der Waals surface area (Å²) in [6.07, 6.45) is 2.67. The first-order valence-electron chi connectivity index (χ1n) is 17.3. The Morgan fingerprint density at radius 1 is 0.849 bits per heavy atom. The molecule has 2 aromatic carbocycles. The number of alkyl halides is 2. The second-order valence-corrected chi connectivity index (χ2v) is 15.6. The van der Waals surface area contributed by atoms with Gasteiger partial charge in [-0.2, -0.15) is 8.78 Å². The maximum atomic E-state index is 15.2. The molecule has 0 aliphatic heterocycles. The molecule has 4 N–H and O–H groups in total. The van der Waals surface area contributed by atoms with E-state index < -0.39 is 87.8 Å². The van der Waals surface area contributed by atoms with Crippen LogP contribution in [-0.2, 0) is 29.2 Å². The number of Topliss-reactive ketones (excluding diaryl/α,β-unsaturated/α-hetero) is 1. The minimum absolute atomic E-state index is 0.0335. The Morgan fingerprint density at radius 3 is 1.91 bits per heavy atom. The van der Waals surface area contributed by atoms with Gasteiger partial charge in [-0.25, -0.2) is 13.1 Å². The van der Waals surface area contributed by atoms with Crippen molar-refractivity contribution in [3.63, 3.8) is 0 Å². The maximum Gasteiger partial charge on any atom is 0.383 e. The number of nitrogens with one attached hydrogen (secondary N) is 4. The van der Waals surface area contributed by atoms with E-state index in [1.54, 1.807) is 20.8 Å². The number of halogens is 3. The van der Waals surface area contributed by atoms with Gasteiger partial charge >= 0.3 is 5.92 Å². The zero-order chi connectivity index (χ0) is 39.7. The minimum atomic E-state index is -4.39. The normalized spacial score (nSPS) is 14.7. The number of rotatable bonds is 17. The fourth-order valence-electron chi connectivity index (χ4n) is 5.92. The lowest BCUT2D eigenvalue weighted by molar-refractivity contribution is -0.166. The minimum Gasteiger partial charge on any atom is -0.350 e. The first-order chi connectivity index (χ1) is 24.8. The van der Waals surface area contributed by atoms with Crippen LogP contribution in [0.4, 0.5) is 8.78 Å². The molecule has 290 valence electrons. The molecule has 1 aliphatic carbocycles. The Hall–Kier alpha value is -4.44. The van der Waals surface area contributed by atoms with E-state index in [0.717, 1.165) is 4.90 Å². The van der Waals surface area contributed by atoms with Gasteiger partial charge in [-0.1, -0.05) is 59.1 Å². The van der Waals surface area contributed by atoms with Crippen molar-refractivity contribution in [3.05, 3.63) is 64.7 Å². The van der Waals surface area contributed by atoms with Crippen molar-refractivity contribution in [3.8, 4) is 0 Å². The van der Waals surface area contributed by atoms with E-state index in [4.69, 9.17) is 11.6 Å². The molecule has 5 amide bonds. The number of carbonyl (C=O) groups is 6. The van der Waals surface area contributed by atoms with Gasteiger partial charge < -0.3 is 20.9 Å². The van der Waals surface area contributed by atoms with Crippen molar-refractivity contribution >= 4 is 56.9 Å². The molecule has 2 atom stereocenters. The van der Waals surface area contributed by atoms with Crippen LogP contribution < -0.4 is 20.7 Å². The van der Waals surface area contributed by atoms with E-state index in [-0.39, 0.29) is 22.6 Å². The molecular formula is C36H46ClF2N5O8S. The molecule has 1 saturated carbocycles. The molecule has 1 fully saturated rings. The lowest BCUT2D eigenvalue weighted by Crippen LogP contribution is -2.61. The van der Waals surface area contributed by atoms with Gasteiger partial charge in [0.15, 0.2) is 0 Å². The predicted octanol–water partition coefficient (Wildman–Crippen LogP) is 3.86. The Balaban J connectivity index is 1.71. The molecule has 1 aliphatic rings. The molecule has 0 radical (unpaired) electrons. The number of carbonyl (C=O) groups excluding carboxylic acids is 6. The first-order valence-corrected chi connectivity index (χ1v) is 19.2. The van der Waals surface area contributed by atoms with Gasteiger partial charge in [0.2, 0.25) is 17.6 Å². The van der Waals surface area contributed by atoms with Crippen LogP contribution in [0, 0.1) is 11.8 Å². The van der Waals surface area contributed by atoms with E-state index in [1.165, 1.54) is 62.4 Å². The molecule has 0 aromatic heterocycles. The van der Waals surface area contributed by atoms with E-state index in [2.05, 4.69) is 16.0 Å². The molecule has 17 heteroatoms. The van der Waals surface area contributed by atoms with Gasteiger partial charge in [0.25, 0.3) is 27.7 Å². The van der Waals surface area contributed by atoms with Crippen LogP contribution >= 0.6 is 11.6 Å². The molecular weight excluding hydrogens is 736 g/mol. The van der Waals surface area contributed by atoms with Gasteiger partial charge in [-0.15, -0.1) is 0 Å². The lowest BCUT2D eigenvalue weighted by Gasteiger charge is -2.39. The van der Waals surface area contributed by atoms with E-state index >= 15 is 8.78 Å². The third-order valence-electron chi connectivity index (χ3n) is 8.75. The van der Waals surface area contributed by atoms with Crippen LogP contribution in [-0.4, -0.2) is 85.8 Å². The number of sulfonamides is 1. The fourth-order valence-corrected chi connectivity index (χ4v) is 7.02. The summed E-state index contributed by atoms with van der Waals surface area (Å²) in [7, 11) is -4.21. The average molecular weight is 782 g/mol. The number of ketones is 1. The SMILES string of the molecule is CCCNC(=O)C(F)(F)C(=O)[C@H](C(C)C)N(C(=O)CNC(=O)[C@@H](NC(=O)c1ccc(C(=O)NS(=O)(=O)c2ccc(Cl)cc2)cc1)C(C)C)C1CCCC1. The third-order valence-corrected chi connectivity index (χ3v) is 10.3. The Kier molecular flexibility index (Phi) is 15.0. The van der Waals surface area contributed by atoms with E-state index in [0.29, 0.717) is 37.1 Å². The summed E-state index contributed by atoms with van der Waals surface area (Å²) in [6.45, 7) is 7.24. The Bertz CT molecular complexity index is 1770. The average Bonchev–Trinajstić information content (AvgIpc) is 3.64. The summed E-state index contributed by atoms with van der Waals surface area (Å²) in [4.78, 5) is 79.3. The highest BCUT2D eigenvalue weighted by Crippen LogP contribution is 2.31. The maximum absolute atomic E-state index is 15.2. The first kappa shape index (κ1) is 43.0. The number of hydrogen-bond acceptors (Lipinski definition) is 8. The molecule has 2 aromatic rings. The summed E-state index contributed by atoms with van der Waals surface area (Å²) in [5, 5.41) is 7.41. The predicted molar refractivity (Wildman–Crippen MR) is 193 cm³/mol. The number of amides is 5. The molecule has 0 spiro atoms. The molecule has 3 rings (SSSR count). The largest absolute Gasteiger partial charge is 0.383 e. The highest BCUT2D eigenvalue weighted by Gasteiger charge is 2.53. The van der Waals surface area contributed by atoms with Gasteiger partial charge in [-0.3, -0.25) is 28.8 Å². The summed E-state index contributed by atoms with van der Waals surface area (Å²) in [6, 6.07) is 6.78. The number of benzene rings is 2. The van der Waals surface area contributed by atoms with Gasteiger partial charge in [0.05, 0.1) is 17.5 Å². The molecule has 53 heavy (non-hydrogen) atoms. The van der Waals surface area contributed by atoms with Crippen LogP contribution in [0.15, 0.2) is 53.4 Å². The standard InChI is InChI=1S/C36H46ClF2N5O8S/c1-6-19-40-35(50)36(38,39)31(46)30(22(4)5)44(26-9-7-8-10-26)28(45)20-41-34(49)29(21(2)3)42-32(47)23-11-13-24(14-12-23)33(48)43-53(51,52)27-17-15-25(37)16-18-27/h11-18,21-22,26,29-30H,6-10,19-20H2,1-5H3,(H,40,50)(H,41,49)(H,42,47)(H,43,48)/t29-,30-/m0/s1. The fraction of sp³-hybridized carbons (Fsp3) is 0.500. The van der Waals surface area contributed by atoms with Gasteiger partial charge in [0, 0.05) is 28.7 Å². The summed E-state index contributed by atoms with van der Waals surface area (Å²) >= 11 is 5.80. The second-order valence-electron chi connectivity index (χ2n) is 13.5. The second kappa shape index (κ2) is 18.5. The van der Waals surface area contributed by atoms with Crippen LogP contribution in [0.1, 0.15) is 87.4 Å². The summed E-state index contributed by atoms with van der Waals surface area (Å²) in [5.41, 5.74) is -0.0358. The molecule has 13 nitrogen and oxygen atoms in total. The van der Waals surface area contributed by atoms with Gasteiger partial charge in [-0.05, 0) is 79.6 Å². The smallest absolute Gasteiger partial charge is 0.350 e. The third kappa shape index (κ3) is 11.0. The Morgan fingerprint density at radius 2 is 1.40 bits per heavy atom. The van der Waals surface area contributed by atoms with Crippen LogP contribution in [0.3, 0.4) is 0 Å². The van der Waals surface area contributed by atoms with Crippen molar-refractivity contribution in [2.45, 2.75) is 95.7 Å². The van der Waals surface area contributed by atoms with Crippen LogP contribution in [0.2, 0.25) is 5.02 Å². The number of hydrogen-bond donors (Lipinski definition) is 4. The topological polar surface area (TPSA) is 188 Å². The van der Waals surface area contributed by atoms with E-state index in [1.807, 2.05) is 4.72 Å². The van der Waals surface area contributed by atoms with Gasteiger partial charge in [0.1, 0.15) is 6.04 Å². The highest BCUT2D eigenvalue weighted by atomic mass is 35.5. The summed E-state index contributed by atoms with van der Waals surface area (Å²) in [5.74, 6) is -12.3. The van der Waals surface area contributed by atoms with Crippen molar-refractivity contribution in [1.29, 1.82) is 0 Å². The van der Waals surface area contributed by atoms with E-state index in [9.17, 15) is 37.2 Å². The summed E-state index contributed by atoms with van der Waals surface area (Å²) < 4.78 is 57.4. The van der Waals surface area contributed by atoms with Crippen LogP contribution in [0.5, 0.6) is 0 Å². The molecule has 0 heterocycles. The Labute approximate surface area is 313 Å². The molecule has 0 bridgehead atoms. The zero-order valence-electron chi connectivity index (χ0n) is 30.2. The van der Waals surface area contributed by atoms with Crippen LogP contribution in [0.25, 0.3) is 0 Å². The lowest BCUT2D eigenvalue weighted by atomic mass is 9.91. The molecule has 0 unspecified atom stereocenters. The zero-order valence-corrected chi connectivity index (χ0v) is 31.8. The van der Waals surface area contributed by atoms with Crippen molar-refractivity contribution in [2.75, 3.05) is 13.1 Å². The molecule has 0 saturated heterocycles. The quantitative estimate of drug-likeness (QED) is 0.174. The van der Waals surface area contributed by atoms with Crippen molar-refractivity contribution in [1.82, 2.24) is 25.6 Å². The highest BCUT2D eigenvalue weighted by molar-refractivity contribution is 7.90. The number of nitrogens with zero attached hydrogens (tertiary/aromatic N) is 1. The monoisotopic (exact) mass is 781 g/mol.